The average Bonchev–Trinajstić information content (AvgIpc) is 2.35. The van der Waals surface area contributed by atoms with E-state index in [1.54, 1.807) is 13.8 Å². The lowest BCUT2D eigenvalue weighted by atomic mass is 9.96. The summed E-state index contributed by atoms with van der Waals surface area (Å²) in [4.78, 5) is 11.7. The molecule has 0 fully saturated rings. The highest BCUT2D eigenvalue weighted by atomic mass is 19.4. The Morgan fingerprint density at radius 3 is 2.53 bits per heavy atom. The van der Waals surface area contributed by atoms with Crippen molar-refractivity contribution in [1.29, 1.82) is 5.26 Å². The molecular weight excluding hydrogens is 257 g/mol. The van der Waals surface area contributed by atoms with E-state index < -0.39 is 23.1 Å². The van der Waals surface area contributed by atoms with Gasteiger partial charge in [0.25, 0.3) is 5.91 Å². The van der Waals surface area contributed by atoms with Crippen LogP contribution in [-0.4, -0.2) is 12.5 Å². The van der Waals surface area contributed by atoms with E-state index in [-0.39, 0.29) is 12.1 Å². The second kappa shape index (κ2) is 5.31. The SMILES string of the molecule is CC(C)(C#N)CNC(=O)c1cccc(C(F)(F)F)c1. The molecule has 0 aliphatic heterocycles. The summed E-state index contributed by atoms with van der Waals surface area (Å²) in [7, 11) is 0. The molecule has 19 heavy (non-hydrogen) atoms. The third kappa shape index (κ3) is 4.28. The number of benzene rings is 1. The third-order valence-electron chi connectivity index (χ3n) is 2.45. The van der Waals surface area contributed by atoms with Crippen LogP contribution in [0.5, 0.6) is 0 Å². The van der Waals surface area contributed by atoms with Crippen LogP contribution in [0.2, 0.25) is 0 Å². The van der Waals surface area contributed by atoms with Crippen molar-refractivity contribution < 1.29 is 18.0 Å². The van der Waals surface area contributed by atoms with Crippen molar-refractivity contribution in [1.82, 2.24) is 5.32 Å². The maximum atomic E-state index is 12.5. The second-order valence-electron chi connectivity index (χ2n) is 4.76. The zero-order valence-electron chi connectivity index (χ0n) is 10.5. The first kappa shape index (κ1) is 15.0. The smallest absolute Gasteiger partial charge is 0.350 e. The number of alkyl halides is 3. The van der Waals surface area contributed by atoms with E-state index in [0.717, 1.165) is 12.1 Å². The normalized spacial score (nSPS) is 11.8. The number of carbonyl (C=O) groups is 1. The summed E-state index contributed by atoms with van der Waals surface area (Å²) >= 11 is 0. The summed E-state index contributed by atoms with van der Waals surface area (Å²) in [5.74, 6) is -0.630. The average molecular weight is 270 g/mol. The molecule has 0 aliphatic rings. The highest BCUT2D eigenvalue weighted by molar-refractivity contribution is 5.94. The summed E-state index contributed by atoms with van der Waals surface area (Å²) in [6.45, 7) is 3.32. The van der Waals surface area contributed by atoms with Crippen molar-refractivity contribution in [3.8, 4) is 6.07 Å². The topological polar surface area (TPSA) is 52.9 Å². The van der Waals surface area contributed by atoms with Crippen LogP contribution < -0.4 is 5.32 Å². The molecule has 0 saturated heterocycles. The van der Waals surface area contributed by atoms with Gasteiger partial charge in [-0.2, -0.15) is 18.4 Å². The van der Waals surface area contributed by atoms with Crippen molar-refractivity contribution in [2.24, 2.45) is 5.41 Å². The maximum Gasteiger partial charge on any atom is 0.416 e. The van der Waals surface area contributed by atoms with E-state index in [0.29, 0.717) is 0 Å². The van der Waals surface area contributed by atoms with Gasteiger partial charge < -0.3 is 5.32 Å². The zero-order chi connectivity index (χ0) is 14.7. The van der Waals surface area contributed by atoms with Crippen molar-refractivity contribution in [2.75, 3.05) is 6.54 Å². The largest absolute Gasteiger partial charge is 0.416 e. The van der Waals surface area contributed by atoms with Gasteiger partial charge in [-0.3, -0.25) is 4.79 Å². The van der Waals surface area contributed by atoms with Crippen LogP contribution >= 0.6 is 0 Å². The van der Waals surface area contributed by atoms with Crippen molar-refractivity contribution >= 4 is 5.91 Å². The molecule has 3 nitrogen and oxygen atoms in total. The maximum absolute atomic E-state index is 12.5. The van der Waals surface area contributed by atoms with Crippen molar-refractivity contribution in [3.63, 3.8) is 0 Å². The summed E-state index contributed by atoms with van der Waals surface area (Å²) in [5, 5.41) is 11.2. The quantitative estimate of drug-likeness (QED) is 0.918. The highest BCUT2D eigenvalue weighted by Crippen LogP contribution is 2.29. The van der Waals surface area contributed by atoms with Crippen LogP contribution in [0.1, 0.15) is 29.8 Å². The lowest BCUT2D eigenvalue weighted by Crippen LogP contribution is -2.33. The highest BCUT2D eigenvalue weighted by Gasteiger charge is 2.31. The summed E-state index contributed by atoms with van der Waals surface area (Å²) < 4.78 is 37.5. The molecule has 1 amide bonds. The minimum atomic E-state index is -4.48. The van der Waals surface area contributed by atoms with Gasteiger partial charge in [0, 0.05) is 12.1 Å². The molecule has 0 atom stereocenters. The number of hydrogen-bond acceptors (Lipinski definition) is 2. The molecule has 0 unspecified atom stereocenters. The summed E-state index contributed by atoms with van der Waals surface area (Å²) in [6.07, 6.45) is -4.48. The van der Waals surface area contributed by atoms with E-state index in [1.165, 1.54) is 12.1 Å². The fraction of sp³-hybridized carbons (Fsp3) is 0.385. The molecule has 0 heterocycles. The first-order valence-electron chi connectivity index (χ1n) is 5.52. The van der Waals surface area contributed by atoms with E-state index in [1.807, 2.05) is 6.07 Å². The number of hydrogen-bond donors (Lipinski definition) is 1. The Labute approximate surface area is 109 Å². The van der Waals surface area contributed by atoms with Crippen LogP contribution in [0.25, 0.3) is 0 Å². The van der Waals surface area contributed by atoms with Crippen molar-refractivity contribution in [3.05, 3.63) is 35.4 Å². The summed E-state index contributed by atoms with van der Waals surface area (Å²) in [6, 6.07) is 6.14. The molecule has 6 heteroatoms. The first-order valence-corrected chi connectivity index (χ1v) is 5.52. The van der Waals surface area contributed by atoms with Gasteiger partial charge >= 0.3 is 6.18 Å². The van der Waals surface area contributed by atoms with Gasteiger partial charge in [-0.25, -0.2) is 0 Å². The lowest BCUT2D eigenvalue weighted by Gasteiger charge is -2.16. The molecule has 0 aromatic heterocycles. The second-order valence-corrected chi connectivity index (χ2v) is 4.76. The van der Waals surface area contributed by atoms with Crippen LogP contribution in [-0.2, 0) is 6.18 Å². The first-order chi connectivity index (χ1) is 8.65. The molecule has 102 valence electrons. The number of carbonyl (C=O) groups excluding carboxylic acids is 1. The monoisotopic (exact) mass is 270 g/mol. The Kier molecular flexibility index (Phi) is 4.20. The van der Waals surface area contributed by atoms with Gasteiger partial charge in [-0.1, -0.05) is 6.07 Å². The van der Waals surface area contributed by atoms with Crippen LogP contribution in [0.15, 0.2) is 24.3 Å². The summed E-state index contributed by atoms with van der Waals surface area (Å²) in [5.41, 5.74) is -1.72. The zero-order valence-corrected chi connectivity index (χ0v) is 10.5. The van der Waals surface area contributed by atoms with Gasteiger partial charge in [-0.15, -0.1) is 0 Å². The minimum Gasteiger partial charge on any atom is -0.350 e. The van der Waals surface area contributed by atoms with Crippen LogP contribution in [0, 0.1) is 16.7 Å². The van der Waals surface area contributed by atoms with Gasteiger partial charge in [0.1, 0.15) is 0 Å². The molecular formula is C13H13F3N2O. The van der Waals surface area contributed by atoms with Crippen LogP contribution in [0.4, 0.5) is 13.2 Å². The van der Waals surface area contributed by atoms with E-state index >= 15 is 0 Å². The molecule has 1 N–H and O–H groups in total. The molecule has 0 radical (unpaired) electrons. The Morgan fingerprint density at radius 2 is 2.00 bits per heavy atom. The lowest BCUT2D eigenvalue weighted by molar-refractivity contribution is -0.137. The predicted molar refractivity (Wildman–Crippen MR) is 63.2 cm³/mol. The van der Waals surface area contributed by atoms with Gasteiger partial charge in [0.15, 0.2) is 0 Å². The fourth-order valence-corrected chi connectivity index (χ4v) is 1.28. The number of rotatable bonds is 3. The predicted octanol–water partition coefficient (Wildman–Crippen LogP) is 2.98. The van der Waals surface area contributed by atoms with Crippen LogP contribution in [0.3, 0.4) is 0 Å². The van der Waals surface area contributed by atoms with Gasteiger partial charge in [-0.05, 0) is 32.0 Å². The molecule has 0 bridgehead atoms. The number of halogens is 3. The molecule has 1 aromatic carbocycles. The van der Waals surface area contributed by atoms with Gasteiger partial charge in [0.05, 0.1) is 17.0 Å². The number of nitrogens with one attached hydrogen (secondary N) is 1. The van der Waals surface area contributed by atoms with Gasteiger partial charge in [0.2, 0.25) is 0 Å². The minimum absolute atomic E-state index is 0.0680. The van der Waals surface area contributed by atoms with E-state index in [2.05, 4.69) is 5.32 Å². The van der Waals surface area contributed by atoms with Crippen molar-refractivity contribution in [2.45, 2.75) is 20.0 Å². The standard InChI is InChI=1S/C13H13F3N2O/c1-12(2,7-17)8-18-11(19)9-4-3-5-10(6-9)13(14,15)16/h3-6H,8H2,1-2H3,(H,18,19). The van der Waals surface area contributed by atoms with E-state index in [9.17, 15) is 18.0 Å². The number of amides is 1. The van der Waals surface area contributed by atoms with E-state index in [4.69, 9.17) is 5.26 Å². The number of nitrogens with zero attached hydrogens (tertiary/aromatic N) is 1. The number of nitriles is 1. The Morgan fingerprint density at radius 1 is 1.37 bits per heavy atom. The molecule has 1 aromatic rings. The Bertz CT molecular complexity index is 515. The molecule has 1 rings (SSSR count). The molecule has 0 aliphatic carbocycles. The molecule has 0 saturated carbocycles. The Balaban J connectivity index is 2.82. The Hall–Kier alpha value is -2.03. The third-order valence-corrected chi connectivity index (χ3v) is 2.45. The molecule has 0 spiro atoms. The fourth-order valence-electron chi connectivity index (χ4n) is 1.28.